The number of nitrogens with one attached hydrogen (secondary N) is 1. The summed E-state index contributed by atoms with van der Waals surface area (Å²) in [4.78, 5) is 14.6. The number of rotatable bonds is 8. The molecule has 0 saturated heterocycles. The number of para-hydroxylation sites is 1. The average molecular weight is 461 g/mol. The molecule has 0 aromatic heterocycles. The molecule has 0 aliphatic rings. The molecule has 156 valence electrons. The van der Waals surface area contributed by atoms with Gasteiger partial charge in [0.25, 0.3) is 0 Å². The van der Waals surface area contributed by atoms with Gasteiger partial charge in [-0.1, -0.05) is 71.9 Å². The number of nitrogens with zero attached hydrogens (tertiary/aromatic N) is 1. The topological polar surface area (TPSA) is 66.5 Å². The first kappa shape index (κ1) is 22.4. The van der Waals surface area contributed by atoms with E-state index in [4.69, 9.17) is 11.6 Å². The van der Waals surface area contributed by atoms with Gasteiger partial charge in [0.15, 0.2) is 0 Å². The van der Waals surface area contributed by atoms with Crippen LogP contribution in [-0.4, -0.2) is 31.4 Å². The monoisotopic (exact) mass is 460 g/mol. The minimum Gasteiger partial charge on any atom is -0.324 e. The second-order valence-electron chi connectivity index (χ2n) is 6.58. The highest BCUT2D eigenvalue weighted by Gasteiger charge is 2.22. The zero-order valence-electron chi connectivity index (χ0n) is 16.3. The van der Waals surface area contributed by atoms with Gasteiger partial charge in [0.2, 0.25) is 15.9 Å². The highest BCUT2D eigenvalue weighted by molar-refractivity contribution is 7.99. The lowest BCUT2D eigenvalue weighted by atomic mass is 10.2. The summed E-state index contributed by atoms with van der Waals surface area (Å²) in [5, 5.41) is 3.29. The molecular formula is C22H21ClN2O3S2. The standard InChI is InChI=1S/C22H21ClN2O3S2/c1-30(27,28)25(15-17-9-5-6-12-19(17)23)16-22(26)24-20-13-7-8-14-21(20)29-18-10-3-2-4-11-18/h2-14H,15-16H2,1H3,(H,24,26). The van der Waals surface area contributed by atoms with Crippen molar-refractivity contribution in [3.63, 3.8) is 0 Å². The number of carbonyl (C=O) groups is 1. The SMILES string of the molecule is CS(=O)(=O)N(CC(=O)Nc1ccccc1Sc1ccccc1)Cc1ccccc1Cl. The number of benzene rings is 3. The normalized spacial score (nSPS) is 11.4. The molecule has 0 heterocycles. The molecule has 3 aromatic carbocycles. The number of anilines is 1. The van der Waals surface area contributed by atoms with E-state index in [2.05, 4.69) is 5.32 Å². The van der Waals surface area contributed by atoms with Gasteiger partial charge in [-0.2, -0.15) is 4.31 Å². The van der Waals surface area contributed by atoms with Crippen molar-refractivity contribution in [2.75, 3.05) is 18.1 Å². The molecule has 0 fully saturated rings. The molecule has 0 atom stereocenters. The summed E-state index contributed by atoms with van der Waals surface area (Å²) in [6, 6.07) is 24.2. The van der Waals surface area contributed by atoms with Gasteiger partial charge in [0.1, 0.15) is 0 Å². The van der Waals surface area contributed by atoms with E-state index in [0.717, 1.165) is 20.4 Å². The van der Waals surface area contributed by atoms with Crippen LogP contribution >= 0.6 is 23.4 Å². The van der Waals surface area contributed by atoms with Crippen LogP contribution in [0.4, 0.5) is 5.69 Å². The largest absolute Gasteiger partial charge is 0.324 e. The van der Waals surface area contributed by atoms with Gasteiger partial charge >= 0.3 is 0 Å². The maximum atomic E-state index is 12.7. The summed E-state index contributed by atoms with van der Waals surface area (Å²) in [5.74, 6) is -0.423. The molecule has 0 bridgehead atoms. The molecule has 0 radical (unpaired) electrons. The van der Waals surface area contributed by atoms with Crippen LogP contribution < -0.4 is 5.32 Å². The maximum absolute atomic E-state index is 12.7. The average Bonchev–Trinajstić information content (AvgIpc) is 2.70. The van der Waals surface area contributed by atoms with Crippen molar-refractivity contribution >= 4 is 45.0 Å². The predicted molar refractivity (Wildman–Crippen MR) is 122 cm³/mol. The molecule has 0 aliphatic heterocycles. The van der Waals surface area contributed by atoms with Gasteiger partial charge in [-0.15, -0.1) is 0 Å². The zero-order valence-corrected chi connectivity index (χ0v) is 18.7. The minimum atomic E-state index is -3.62. The van der Waals surface area contributed by atoms with Gasteiger partial charge in [0.05, 0.1) is 18.5 Å². The lowest BCUT2D eigenvalue weighted by molar-refractivity contribution is -0.116. The quantitative estimate of drug-likeness (QED) is 0.519. The Morgan fingerprint density at radius 3 is 2.30 bits per heavy atom. The number of halogens is 1. The van der Waals surface area contributed by atoms with E-state index in [1.165, 1.54) is 11.8 Å². The van der Waals surface area contributed by atoms with Crippen LogP contribution in [0.25, 0.3) is 0 Å². The van der Waals surface area contributed by atoms with Crippen LogP contribution in [0, 0.1) is 0 Å². The fourth-order valence-corrected chi connectivity index (χ4v) is 4.57. The van der Waals surface area contributed by atoms with Crippen molar-refractivity contribution in [2.24, 2.45) is 0 Å². The van der Waals surface area contributed by atoms with Gasteiger partial charge in [-0.3, -0.25) is 4.79 Å². The molecule has 1 amide bonds. The van der Waals surface area contributed by atoms with Crippen LogP contribution in [0.1, 0.15) is 5.56 Å². The highest BCUT2D eigenvalue weighted by atomic mass is 35.5. The molecule has 3 rings (SSSR count). The van der Waals surface area contributed by atoms with Gasteiger partial charge in [-0.25, -0.2) is 8.42 Å². The Bertz CT molecular complexity index is 1120. The minimum absolute atomic E-state index is 0.0202. The smallest absolute Gasteiger partial charge is 0.239 e. The molecule has 0 spiro atoms. The van der Waals surface area contributed by atoms with Crippen LogP contribution in [-0.2, 0) is 21.4 Å². The third kappa shape index (κ3) is 6.34. The van der Waals surface area contributed by atoms with Gasteiger partial charge < -0.3 is 5.32 Å². The Morgan fingerprint density at radius 2 is 1.60 bits per heavy atom. The summed E-state index contributed by atoms with van der Waals surface area (Å²) in [6.45, 7) is -0.291. The molecule has 0 unspecified atom stereocenters. The Kier molecular flexibility index (Phi) is 7.55. The second-order valence-corrected chi connectivity index (χ2v) is 10.1. The van der Waals surface area contributed by atoms with E-state index in [0.29, 0.717) is 16.3 Å². The number of carbonyl (C=O) groups excluding carboxylic acids is 1. The summed E-state index contributed by atoms with van der Waals surface area (Å²) < 4.78 is 25.6. The van der Waals surface area contributed by atoms with Gasteiger partial charge in [0, 0.05) is 21.4 Å². The molecule has 0 aliphatic carbocycles. The van der Waals surface area contributed by atoms with Crippen molar-refractivity contribution in [1.29, 1.82) is 0 Å². The third-order valence-corrected chi connectivity index (χ3v) is 6.87. The molecule has 1 N–H and O–H groups in total. The van der Waals surface area contributed by atoms with E-state index in [1.807, 2.05) is 48.5 Å². The van der Waals surface area contributed by atoms with Crippen LogP contribution in [0.3, 0.4) is 0 Å². The predicted octanol–water partition coefficient (Wildman–Crippen LogP) is 4.89. The summed E-state index contributed by atoms with van der Waals surface area (Å²) >= 11 is 7.68. The Hall–Kier alpha value is -2.32. The van der Waals surface area contributed by atoms with E-state index in [-0.39, 0.29) is 13.1 Å². The Morgan fingerprint density at radius 1 is 0.967 bits per heavy atom. The lowest BCUT2D eigenvalue weighted by Gasteiger charge is -2.20. The van der Waals surface area contributed by atoms with Crippen molar-refractivity contribution in [3.8, 4) is 0 Å². The van der Waals surface area contributed by atoms with E-state index < -0.39 is 15.9 Å². The number of hydrogen-bond donors (Lipinski definition) is 1. The van der Waals surface area contributed by atoms with Crippen molar-refractivity contribution in [1.82, 2.24) is 4.31 Å². The van der Waals surface area contributed by atoms with Gasteiger partial charge in [-0.05, 0) is 35.9 Å². The number of amides is 1. The highest BCUT2D eigenvalue weighted by Crippen LogP contribution is 2.33. The molecule has 0 saturated carbocycles. The van der Waals surface area contributed by atoms with Crippen LogP contribution in [0.5, 0.6) is 0 Å². The fourth-order valence-electron chi connectivity index (χ4n) is 2.73. The summed E-state index contributed by atoms with van der Waals surface area (Å²) in [6.07, 6.45) is 1.08. The molecule has 8 heteroatoms. The van der Waals surface area contributed by atoms with Crippen molar-refractivity contribution < 1.29 is 13.2 Å². The third-order valence-electron chi connectivity index (χ3n) is 4.23. The molecule has 30 heavy (non-hydrogen) atoms. The molecule has 3 aromatic rings. The molecular weight excluding hydrogens is 440 g/mol. The lowest BCUT2D eigenvalue weighted by Crippen LogP contribution is -2.37. The summed E-state index contributed by atoms with van der Waals surface area (Å²) in [5.41, 5.74) is 1.26. The number of sulfonamides is 1. The Balaban J connectivity index is 1.74. The fraction of sp³-hybridized carbons (Fsp3) is 0.136. The van der Waals surface area contributed by atoms with Crippen LogP contribution in [0.2, 0.25) is 5.02 Å². The zero-order chi connectivity index (χ0) is 21.6. The van der Waals surface area contributed by atoms with E-state index >= 15 is 0 Å². The molecule has 5 nitrogen and oxygen atoms in total. The maximum Gasteiger partial charge on any atom is 0.239 e. The first-order chi connectivity index (χ1) is 14.3. The van der Waals surface area contributed by atoms with Crippen molar-refractivity contribution in [3.05, 3.63) is 89.4 Å². The van der Waals surface area contributed by atoms with Crippen molar-refractivity contribution in [2.45, 2.75) is 16.3 Å². The Labute approximate surface area is 186 Å². The van der Waals surface area contributed by atoms with Crippen LogP contribution in [0.15, 0.2) is 88.7 Å². The van der Waals surface area contributed by atoms with E-state index in [1.54, 1.807) is 30.3 Å². The first-order valence-corrected chi connectivity index (χ1v) is 12.2. The van der Waals surface area contributed by atoms with E-state index in [9.17, 15) is 13.2 Å². The second kappa shape index (κ2) is 10.1. The summed E-state index contributed by atoms with van der Waals surface area (Å²) in [7, 11) is -3.62. The first-order valence-electron chi connectivity index (χ1n) is 9.13. The number of hydrogen-bond acceptors (Lipinski definition) is 4.